The Morgan fingerprint density at radius 2 is 1.85 bits per heavy atom. The van der Waals surface area contributed by atoms with Gasteiger partial charge in [0, 0.05) is 18.5 Å². The first-order valence-corrected chi connectivity index (χ1v) is 9.22. The number of benzene rings is 1. The van der Waals surface area contributed by atoms with Gasteiger partial charge < -0.3 is 19.6 Å². The van der Waals surface area contributed by atoms with Crippen molar-refractivity contribution in [2.45, 2.75) is 59.1 Å². The quantitative estimate of drug-likeness (QED) is 0.691. The van der Waals surface area contributed by atoms with Gasteiger partial charge in [0.05, 0.1) is 6.10 Å². The van der Waals surface area contributed by atoms with E-state index in [4.69, 9.17) is 14.3 Å². The molecule has 1 aromatic carbocycles. The predicted molar refractivity (Wildman–Crippen MR) is 103 cm³/mol. The van der Waals surface area contributed by atoms with Crippen molar-refractivity contribution in [2.24, 2.45) is 0 Å². The number of rotatable bonds is 9. The van der Waals surface area contributed by atoms with Crippen molar-refractivity contribution in [3.05, 3.63) is 53.0 Å². The first-order valence-electron chi connectivity index (χ1n) is 9.22. The molecule has 6 heteroatoms. The summed E-state index contributed by atoms with van der Waals surface area (Å²) in [6.45, 7) is 7.67. The first kappa shape index (κ1) is 20.6. The molecule has 146 valence electrons. The Bertz CT molecular complexity index is 776. The molecule has 0 bridgehead atoms. The number of carbonyl (C=O) groups excluding carboxylic acids is 1. The van der Waals surface area contributed by atoms with E-state index in [2.05, 4.69) is 5.32 Å². The highest BCUT2D eigenvalue weighted by Gasteiger charge is 2.20. The molecule has 0 saturated carbocycles. The molecule has 27 heavy (non-hydrogen) atoms. The molecule has 0 saturated heterocycles. The molecule has 1 unspecified atom stereocenters. The van der Waals surface area contributed by atoms with Crippen molar-refractivity contribution in [3.8, 4) is 5.75 Å². The zero-order chi connectivity index (χ0) is 20.0. The molecular formula is C21H27NO5. The number of carboxylic acids is 1. The summed E-state index contributed by atoms with van der Waals surface area (Å²) in [5.74, 6) is -0.304. The van der Waals surface area contributed by atoms with E-state index in [1.54, 1.807) is 6.92 Å². The van der Waals surface area contributed by atoms with Gasteiger partial charge in [-0.3, -0.25) is 4.79 Å². The molecule has 0 aliphatic carbocycles. The lowest BCUT2D eigenvalue weighted by Crippen LogP contribution is -2.32. The van der Waals surface area contributed by atoms with Crippen LogP contribution in [0.15, 0.2) is 34.7 Å². The average Bonchev–Trinajstić information content (AvgIpc) is 3.05. The number of carbonyl (C=O) groups is 2. The number of nitrogens with one attached hydrogen (secondary N) is 1. The van der Waals surface area contributed by atoms with E-state index < -0.39 is 11.9 Å². The summed E-state index contributed by atoms with van der Waals surface area (Å²) < 4.78 is 11.0. The minimum atomic E-state index is -1.09. The van der Waals surface area contributed by atoms with Crippen molar-refractivity contribution in [1.29, 1.82) is 0 Å². The van der Waals surface area contributed by atoms with Gasteiger partial charge >= 0.3 is 5.97 Å². The van der Waals surface area contributed by atoms with Crippen LogP contribution in [0.3, 0.4) is 0 Å². The van der Waals surface area contributed by atoms with Gasteiger partial charge in [-0.2, -0.15) is 0 Å². The molecule has 1 atom stereocenters. The number of aryl methyl sites for hydroxylation is 2. The van der Waals surface area contributed by atoms with E-state index in [9.17, 15) is 9.59 Å². The molecule has 1 amide bonds. The van der Waals surface area contributed by atoms with Gasteiger partial charge in [-0.1, -0.05) is 19.1 Å². The minimum Gasteiger partial charge on any atom is -0.491 e. The summed E-state index contributed by atoms with van der Waals surface area (Å²) in [6.07, 6.45) is 2.12. The van der Waals surface area contributed by atoms with Gasteiger partial charge in [0.15, 0.2) is 5.76 Å². The van der Waals surface area contributed by atoms with Gasteiger partial charge in [0.1, 0.15) is 17.1 Å². The van der Waals surface area contributed by atoms with Crippen LogP contribution in [0.1, 0.15) is 66.4 Å². The van der Waals surface area contributed by atoms with Crippen molar-refractivity contribution in [2.75, 3.05) is 0 Å². The SMILES string of the molecule is CCc1oc(C(=O)NC(C)CCc2ccc(OC(C)C)cc2)cc1C(=O)O. The maximum atomic E-state index is 12.3. The second-order valence-electron chi connectivity index (χ2n) is 6.83. The zero-order valence-corrected chi connectivity index (χ0v) is 16.2. The largest absolute Gasteiger partial charge is 0.491 e. The molecule has 0 spiro atoms. The number of furan rings is 1. The fourth-order valence-corrected chi connectivity index (χ4v) is 2.74. The second-order valence-corrected chi connectivity index (χ2v) is 6.83. The lowest BCUT2D eigenvalue weighted by molar-refractivity contribution is 0.0694. The fraction of sp³-hybridized carbons (Fsp3) is 0.429. The number of aromatic carboxylic acids is 1. The fourth-order valence-electron chi connectivity index (χ4n) is 2.74. The molecule has 6 nitrogen and oxygen atoms in total. The Hall–Kier alpha value is -2.76. The Morgan fingerprint density at radius 3 is 2.37 bits per heavy atom. The highest BCUT2D eigenvalue weighted by Crippen LogP contribution is 2.18. The monoisotopic (exact) mass is 373 g/mol. The van der Waals surface area contributed by atoms with E-state index in [0.717, 1.165) is 24.2 Å². The molecule has 2 aromatic rings. The Kier molecular flexibility index (Phi) is 7.05. The van der Waals surface area contributed by atoms with E-state index in [1.165, 1.54) is 6.07 Å². The zero-order valence-electron chi connectivity index (χ0n) is 16.2. The topological polar surface area (TPSA) is 88.8 Å². The molecule has 2 rings (SSSR count). The summed E-state index contributed by atoms with van der Waals surface area (Å²) >= 11 is 0. The lowest BCUT2D eigenvalue weighted by Gasteiger charge is -2.13. The average molecular weight is 373 g/mol. The number of ether oxygens (including phenoxy) is 1. The number of hydrogen-bond acceptors (Lipinski definition) is 4. The third-order valence-electron chi connectivity index (χ3n) is 4.12. The van der Waals surface area contributed by atoms with Gasteiger partial charge in [0.25, 0.3) is 5.91 Å². The van der Waals surface area contributed by atoms with Crippen LogP contribution in [-0.2, 0) is 12.8 Å². The van der Waals surface area contributed by atoms with E-state index in [1.807, 2.05) is 45.0 Å². The van der Waals surface area contributed by atoms with Crippen LogP contribution in [0.4, 0.5) is 0 Å². The van der Waals surface area contributed by atoms with Crippen LogP contribution < -0.4 is 10.1 Å². The standard InChI is InChI=1S/C21H27NO5/c1-5-18-17(21(24)25)12-19(27-18)20(23)22-14(4)6-7-15-8-10-16(11-9-15)26-13(2)3/h8-14H,5-7H2,1-4H3,(H,22,23)(H,24,25). The highest BCUT2D eigenvalue weighted by molar-refractivity contribution is 5.96. The number of hydrogen-bond donors (Lipinski definition) is 2. The van der Waals surface area contributed by atoms with Crippen LogP contribution in [-0.4, -0.2) is 29.1 Å². The third kappa shape index (κ3) is 5.88. The molecule has 0 aliphatic heterocycles. The van der Waals surface area contributed by atoms with Gasteiger partial charge in [-0.25, -0.2) is 4.79 Å². The third-order valence-corrected chi connectivity index (χ3v) is 4.12. The molecule has 0 aliphatic rings. The number of carboxylic acid groups (broad SMARTS) is 1. The van der Waals surface area contributed by atoms with Gasteiger partial charge in [0.2, 0.25) is 0 Å². The van der Waals surface area contributed by atoms with Crippen molar-refractivity contribution >= 4 is 11.9 Å². The van der Waals surface area contributed by atoms with Crippen LogP contribution in [0.2, 0.25) is 0 Å². The molecule has 0 fully saturated rings. The Balaban J connectivity index is 1.89. The maximum absolute atomic E-state index is 12.3. The predicted octanol–water partition coefficient (Wildman–Crippen LogP) is 4.08. The van der Waals surface area contributed by atoms with E-state index >= 15 is 0 Å². The van der Waals surface area contributed by atoms with Crippen LogP contribution in [0.5, 0.6) is 5.75 Å². The molecule has 1 heterocycles. The number of amides is 1. The lowest BCUT2D eigenvalue weighted by atomic mass is 10.1. The summed E-state index contributed by atoms with van der Waals surface area (Å²) in [7, 11) is 0. The molecular weight excluding hydrogens is 346 g/mol. The van der Waals surface area contributed by atoms with E-state index in [0.29, 0.717) is 12.2 Å². The summed E-state index contributed by atoms with van der Waals surface area (Å²) in [5.41, 5.74) is 1.20. The van der Waals surface area contributed by atoms with Crippen molar-refractivity contribution in [1.82, 2.24) is 5.32 Å². The van der Waals surface area contributed by atoms with Gasteiger partial charge in [-0.15, -0.1) is 0 Å². The Labute approximate surface area is 159 Å². The van der Waals surface area contributed by atoms with Crippen LogP contribution in [0, 0.1) is 0 Å². The molecule has 1 aromatic heterocycles. The maximum Gasteiger partial charge on any atom is 0.339 e. The first-order chi connectivity index (χ1) is 12.8. The van der Waals surface area contributed by atoms with Crippen molar-refractivity contribution < 1.29 is 23.8 Å². The van der Waals surface area contributed by atoms with Gasteiger partial charge in [-0.05, 0) is 51.3 Å². The summed E-state index contributed by atoms with van der Waals surface area (Å²) in [6, 6.07) is 9.14. The molecule has 2 N–H and O–H groups in total. The highest BCUT2D eigenvalue weighted by atomic mass is 16.5. The summed E-state index contributed by atoms with van der Waals surface area (Å²) in [5, 5.41) is 12.0. The minimum absolute atomic E-state index is 0.0336. The normalized spacial score (nSPS) is 12.0. The smallest absolute Gasteiger partial charge is 0.339 e. The molecule has 0 radical (unpaired) electrons. The van der Waals surface area contributed by atoms with E-state index in [-0.39, 0.29) is 23.5 Å². The Morgan fingerprint density at radius 1 is 1.19 bits per heavy atom. The van der Waals surface area contributed by atoms with Crippen LogP contribution >= 0.6 is 0 Å². The second kappa shape index (κ2) is 9.26. The van der Waals surface area contributed by atoms with Crippen LogP contribution in [0.25, 0.3) is 0 Å². The van der Waals surface area contributed by atoms with Crippen molar-refractivity contribution in [3.63, 3.8) is 0 Å². The summed E-state index contributed by atoms with van der Waals surface area (Å²) in [4.78, 5) is 23.5.